The van der Waals surface area contributed by atoms with E-state index in [1.807, 2.05) is 37.3 Å². The Morgan fingerprint density at radius 1 is 1.24 bits per heavy atom. The van der Waals surface area contributed by atoms with Crippen LogP contribution in [0, 0.1) is 6.92 Å². The number of aromatic nitrogens is 2. The smallest absolute Gasteiger partial charge is 0.328 e. The first-order valence-corrected chi connectivity index (χ1v) is 7.63. The van der Waals surface area contributed by atoms with Gasteiger partial charge in [0.05, 0.1) is 0 Å². The fourth-order valence-electron chi connectivity index (χ4n) is 2.15. The highest BCUT2D eigenvalue weighted by molar-refractivity contribution is 5.85. The average Bonchev–Trinajstić information content (AvgIpc) is 3.00. The number of pyridine rings is 1. The Kier molecular flexibility index (Phi) is 4.89. The summed E-state index contributed by atoms with van der Waals surface area (Å²) in [5, 5.41) is 8.60. The monoisotopic (exact) mass is 336 g/mol. The molecule has 0 radical (unpaired) electrons. The lowest BCUT2D eigenvalue weighted by Crippen LogP contribution is -1.99. The van der Waals surface area contributed by atoms with Crippen LogP contribution in [0.25, 0.3) is 17.5 Å². The quantitative estimate of drug-likeness (QED) is 0.691. The maximum atomic E-state index is 10.5. The van der Waals surface area contributed by atoms with Gasteiger partial charge >= 0.3 is 5.97 Å². The molecular formula is C19H16N2O4. The van der Waals surface area contributed by atoms with Crippen molar-refractivity contribution in [1.29, 1.82) is 0 Å². The molecule has 0 aliphatic carbocycles. The van der Waals surface area contributed by atoms with E-state index in [1.54, 1.807) is 18.3 Å². The maximum absolute atomic E-state index is 10.5. The fourth-order valence-corrected chi connectivity index (χ4v) is 2.15. The lowest BCUT2D eigenvalue weighted by molar-refractivity contribution is -0.131. The van der Waals surface area contributed by atoms with Gasteiger partial charge in [-0.25, -0.2) is 14.8 Å². The number of hydrogen-bond acceptors (Lipinski definition) is 5. The van der Waals surface area contributed by atoms with Crippen LogP contribution in [0.15, 0.2) is 59.2 Å². The maximum Gasteiger partial charge on any atom is 0.328 e. The molecule has 0 bridgehead atoms. The minimum atomic E-state index is -1.00. The number of ether oxygens (including phenoxy) is 1. The zero-order valence-electron chi connectivity index (χ0n) is 13.5. The zero-order valence-corrected chi connectivity index (χ0v) is 13.5. The Hall–Kier alpha value is -3.41. The van der Waals surface area contributed by atoms with Crippen LogP contribution in [-0.2, 0) is 11.4 Å². The van der Waals surface area contributed by atoms with E-state index in [1.165, 1.54) is 6.08 Å². The minimum absolute atomic E-state index is 0.236. The van der Waals surface area contributed by atoms with Crippen molar-refractivity contribution in [2.75, 3.05) is 0 Å². The van der Waals surface area contributed by atoms with Gasteiger partial charge in [-0.1, -0.05) is 18.2 Å². The van der Waals surface area contributed by atoms with Crippen LogP contribution in [0.1, 0.15) is 17.0 Å². The van der Waals surface area contributed by atoms with Gasteiger partial charge in [-0.2, -0.15) is 0 Å². The van der Waals surface area contributed by atoms with Crippen LogP contribution >= 0.6 is 0 Å². The van der Waals surface area contributed by atoms with E-state index in [9.17, 15) is 4.79 Å². The van der Waals surface area contributed by atoms with E-state index >= 15 is 0 Å². The first-order valence-electron chi connectivity index (χ1n) is 7.63. The van der Waals surface area contributed by atoms with Crippen molar-refractivity contribution in [3.63, 3.8) is 0 Å². The summed E-state index contributed by atoms with van der Waals surface area (Å²) in [6, 6.07) is 13.1. The molecule has 6 nitrogen and oxygen atoms in total. The van der Waals surface area contributed by atoms with Crippen molar-refractivity contribution < 1.29 is 19.1 Å². The van der Waals surface area contributed by atoms with Crippen LogP contribution in [0.2, 0.25) is 0 Å². The van der Waals surface area contributed by atoms with Crippen molar-refractivity contribution in [1.82, 2.24) is 9.97 Å². The fraction of sp³-hybridized carbons (Fsp3) is 0.105. The van der Waals surface area contributed by atoms with Crippen molar-refractivity contribution in [3.8, 4) is 17.3 Å². The number of nitrogens with zero attached hydrogens (tertiary/aromatic N) is 2. The number of aliphatic carboxylic acids is 1. The SMILES string of the molecule is Cc1oc(-c2ccccc2)nc1COc1ccc(C=CC(=O)O)cn1. The second kappa shape index (κ2) is 7.44. The second-order valence-corrected chi connectivity index (χ2v) is 5.28. The molecule has 0 fully saturated rings. The number of hydrogen-bond donors (Lipinski definition) is 1. The van der Waals surface area contributed by atoms with Crippen molar-refractivity contribution in [3.05, 3.63) is 71.8 Å². The molecule has 3 rings (SSSR count). The van der Waals surface area contributed by atoms with E-state index < -0.39 is 5.97 Å². The Balaban J connectivity index is 1.66. The van der Waals surface area contributed by atoms with E-state index in [0.29, 0.717) is 28.8 Å². The molecule has 0 atom stereocenters. The first kappa shape index (κ1) is 16.4. The molecule has 1 N–H and O–H groups in total. The number of carboxylic acids is 1. The zero-order chi connectivity index (χ0) is 17.6. The third-order valence-corrected chi connectivity index (χ3v) is 3.45. The van der Waals surface area contributed by atoms with Gasteiger partial charge in [0.1, 0.15) is 18.1 Å². The number of oxazole rings is 1. The largest absolute Gasteiger partial charge is 0.478 e. The van der Waals surface area contributed by atoms with Gasteiger partial charge in [-0.05, 0) is 36.8 Å². The standard InChI is InChI=1S/C19H16N2O4/c1-13-16(21-19(25-13)15-5-3-2-4-6-15)12-24-17-9-7-14(11-20-17)8-10-18(22)23/h2-11H,12H2,1H3,(H,22,23). The van der Waals surface area contributed by atoms with Crippen LogP contribution in [-0.4, -0.2) is 21.0 Å². The molecule has 1 aromatic carbocycles. The highest BCUT2D eigenvalue weighted by Crippen LogP contribution is 2.22. The predicted octanol–water partition coefficient (Wildman–Crippen LogP) is 3.72. The van der Waals surface area contributed by atoms with Gasteiger partial charge in [0.25, 0.3) is 0 Å². The van der Waals surface area contributed by atoms with Gasteiger partial charge in [0, 0.05) is 23.9 Å². The Bertz CT molecular complexity index is 884. The molecule has 0 aliphatic heterocycles. The summed E-state index contributed by atoms with van der Waals surface area (Å²) in [6.07, 6.45) is 4.06. The first-order chi connectivity index (χ1) is 12.1. The Morgan fingerprint density at radius 3 is 2.72 bits per heavy atom. The van der Waals surface area contributed by atoms with Crippen LogP contribution < -0.4 is 4.74 Å². The summed E-state index contributed by atoms with van der Waals surface area (Å²) in [5.41, 5.74) is 2.29. The summed E-state index contributed by atoms with van der Waals surface area (Å²) < 4.78 is 11.3. The summed E-state index contributed by atoms with van der Waals surface area (Å²) in [5.74, 6) is 0.672. The van der Waals surface area contributed by atoms with Crippen LogP contribution in [0.4, 0.5) is 0 Å². The van der Waals surface area contributed by atoms with E-state index in [-0.39, 0.29) is 6.61 Å². The third-order valence-electron chi connectivity index (χ3n) is 3.45. The molecule has 0 saturated heterocycles. The number of carboxylic acid groups (broad SMARTS) is 1. The molecule has 0 aliphatic rings. The van der Waals surface area contributed by atoms with Gasteiger partial charge in [-0.15, -0.1) is 0 Å². The van der Waals surface area contributed by atoms with Gasteiger partial charge in [0.15, 0.2) is 0 Å². The molecule has 3 aromatic rings. The molecule has 6 heteroatoms. The normalized spacial score (nSPS) is 10.9. The average molecular weight is 336 g/mol. The number of rotatable bonds is 6. The molecule has 2 aromatic heterocycles. The van der Waals surface area contributed by atoms with Gasteiger partial charge in [-0.3, -0.25) is 0 Å². The Labute approximate surface area is 144 Å². The second-order valence-electron chi connectivity index (χ2n) is 5.28. The van der Waals surface area contributed by atoms with Crippen LogP contribution in [0.3, 0.4) is 0 Å². The van der Waals surface area contributed by atoms with E-state index in [2.05, 4.69) is 9.97 Å². The molecule has 0 saturated carbocycles. The highest BCUT2D eigenvalue weighted by Gasteiger charge is 2.12. The van der Waals surface area contributed by atoms with Crippen LogP contribution in [0.5, 0.6) is 5.88 Å². The summed E-state index contributed by atoms with van der Waals surface area (Å²) in [6.45, 7) is 2.07. The van der Waals surface area contributed by atoms with E-state index in [4.69, 9.17) is 14.3 Å². The lowest BCUT2D eigenvalue weighted by Gasteiger charge is -2.03. The van der Waals surface area contributed by atoms with Crippen molar-refractivity contribution in [2.24, 2.45) is 0 Å². The highest BCUT2D eigenvalue weighted by atomic mass is 16.5. The Morgan fingerprint density at radius 2 is 2.04 bits per heavy atom. The molecular weight excluding hydrogens is 320 g/mol. The molecule has 0 amide bonds. The third kappa shape index (κ3) is 4.32. The summed E-state index contributed by atoms with van der Waals surface area (Å²) in [7, 11) is 0. The van der Waals surface area contributed by atoms with Crippen molar-refractivity contribution in [2.45, 2.75) is 13.5 Å². The molecule has 25 heavy (non-hydrogen) atoms. The molecule has 126 valence electrons. The minimum Gasteiger partial charge on any atom is -0.478 e. The van der Waals surface area contributed by atoms with Crippen molar-refractivity contribution >= 4 is 12.0 Å². The summed E-state index contributed by atoms with van der Waals surface area (Å²) >= 11 is 0. The lowest BCUT2D eigenvalue weighted by atomic mass is 10.2. The van der Waals surface area contributed by atoms with Gasteiger partial charge in [0.2, 0.25) is 11.8 Å². The molecule has 2 heterocycles. The topological polar surface area (TPSA) is 85.5 Å². The number of carbonyl (C=O) groups is 1. The number of benzene rings is 1. The molecule has 0 unspecified atom stereocenters. The summed E-state index contributed by atoms with van der Waals surface area (Å²) in [4.78, 5) is 19.1. The number of aryl methyl sites for hydroxylation is 1. The molecule has 0 spiro atoms. The predicted molar refractivity (Wildman–Crippen MR) is 91.9 cm³/mol. The van der Waals surface area contributed by atoms with Gasteiger partial charge < -0.3 is 14.3 Å². The van der Waals surface area contributed by atoms with E-state index in [0.717, 1.165) is 11.6 Å².